The molecule has 0 atom stereocenters. The van der Waals surface area contributed by atoms with E-state index >= 15 is 0 Å². The highest BCUT2D eigenvalue weighted by Gasteiger charge is 2.17. The van der Waals surface area contributed by atoms with E-state index < -0.39 is 0 Å². The van der Waals surface area contributed by atoms with Crippen molar-refractivity contribution in [2.75, 3.05) is 37.1 Å². The summed E-state index contributed by atoms with van der Waals surface area (Å²) in [4.78, 5) is 4.15. The summed E-state index contributed by atoms with van der Waals surface area (Å²) in [5.41, 5.74) is 1.15. The summed E-state index contributed by atoms with van der Waals surface area (Å²) in [6, 6.07) is 4.05. The van der Waals surface area contributed by atoms with E-state index in [0.717, 1.165) is 0 Å². The second-order valence-electron chi connectivity index (χ2n) is 2.91. The molecule has 0 aromatic carbocycles. The molecule has 0 spiro atoms. The summed E-state index contributed by atoms with van der Waals surface area (Å²) in [5.74, 6) is 0.880. The van der Waals surface area contributed by atoms with E-state index in [2.05, 4.69) is 20.9 Å². The molecule has 1 rings (SSSR count). The molecule has 0 saturated carbocycles. The van der Waals surface area contributed by atoms with Gasteiger partial charge in [-0.1, -0.05) is 0 Å². The molecule has 0 amide bonds. The zero-order chi connectivity index (χ0) is 12.1. The summed E-state index contributed by atoms with van der Waals surface area (Å²) in [6.45, 7) is 0. The Balaban J connectivity index is 3.64. The quantitative estimate of drug-likeness (QED) is 0.696. The SMILES string of the molecule is CNc1nc(NC)c(C#N)c(NC)c1C#N. The molecule has 0 aliphatic heterocycles. The average Bonchev–Trinajstić information content (AvgIpc) is 2.35. The number of nitrogens with zero attached hydrogens (tertiary/aromatic N) is 3. The molecular weight excluding hydrogens is 204 g/mol. The maximum atomic E-state index is 9.05. The molecule has 0 bridgehead atoms. The van der Waals surface area contributed by atoms with E-state index in [1.54, 1.807) is 21.1 Å². The van der Waals surface area contributed by atoms with Gasteiger partial charge in [0.05, 0.1) is 5.69 Å². The van der Waals surface area contributed by atoms with Crippen LogP contribution < -0.4 is 16.0 Å². The molecule has 0 fully saturated rings. The third-order valence-electron chi connectivity index (χ3n) is 2.14. The van der Waals surface area contributed by atoms with Gasteiger partial charge in [-0.15, -0.1) is 0 Å². The molecule has 3 N–H and O–H groups in total. The Morgan fingerprint density at radius 2 is 1.31 bits per heavy atom. The van der Waals surface area contributed by atoms with Crippen LogP contribution in [0.3, 0.4) is 0 Å². The van der Waals surface area contributed by atoms with Crippen molar-refractivity contribution >= 4 is 17.3 Å². The molecule has 0 aliphatic rings. The number of aromatic nitrogens is 1. The fourth-order valence-electron chi connectivity index (χ4n) is 1.41. The fourth-order valence-corrected chi connectivity index (χ4v) is 1.41. The van der Waals surface area contributed by atoms with Gasteiger partial charge in [0.15, 0.2) is 0 Å². The second-order valence-corrected chi connectivity index (χ2v) is 2.91. The summed E-state index contributed by atoms with van der Waals surface area (Å²) in [6.07, 6.45) is 0. The van der Waals surface area contributed by atoms with Crippen LogP contribution in [0.5, 0.6) is 0 Å². The van der Waals surface area contributed by atoms with Crippen LogP contribution in [-0.2, 0) is 0 Å². The first-order valence-corrected chi connectivity index (χ1v) is 4.64. The Morgan fingerprint density at radius 1 is 0.875 bits per heavy atom. The number of anilines is 3. The zero-order valence-electron chi connectivity index (χ0n) is 9.34. The van der Waals surface area contributed by atoms with Crippen LogP contribution in [0.4, 0.5) is 17.3 Å². The van der Waals surface area contributed by atoms with E-state index in [-0.39, 0.29) is 0 Å². The van der Waals surface area contributed by atoms with Gasteiger partial charge in [-0.05, 0) is 0 Å². The first kappa shape index (κ1) is 11.6. The maximum absolute atomic E-state index is 9.05. The van der Waals surface area contributed by atoms with Gasteiger partial charge < -0.3 is 16.0 Å². The molecule has 1 heterocycles. The summed E-state index contributed by atoms with van der Waals surface area (Å²) >= 11 is 0. The van der Waals surface area contributed by atoms with Crippen LogP contribution in [0.1, 0.15) is 11.1 Å². The van der Waals surface area contributed by atoms with Gasteiger partial charge >= 0.3 is 0 Å². The Labute approximate surface area is 93.9 Å². The standard InChI is InChI=1S/C10H12N6/c1-13-8-6(4-11)9(14-2)16-10(15-3)7(8)5-12/h1-3H3,(H3,13,14,15,16). The largest absolute Gasteiger partial charge is 0.386 e. The van der Waals surface area contributed by atoms with Gasteiger partial charge in [0.2, 0.25) is 0 Å². The number of pyridine rings is 1. The topological polar surface area (TPSA) is 96.6 Å². The molecular formula is C10H12N6. The van der Waals surface area contributed by atoms with Gasteiger partial charge in [-0.2, -0.15) is 10.5 Å². The number of nitrogens with one attached hydrogen (secondary N) is 3. The Hall–Kier alpha value is -2.47. The molecule has 0 saturated heterocycles. The predicted octanol–water partition coefficient (Wildman–Crippen LogP) is 0.950. The molecule has 0 unspecified atom stereocenters. The van der Waals surface area contributed by atoms with Gasteiger partial charge in [-0.3, -0.25) is 0 Å². The van der Waals surface area contributed by atoms with Crippen molar-refractivity contribution in [3.8, 4) is 12.1 Å². The molecule has 82 valence electrons. The highest BCUT2D eigenvalue weighted by Crippen LogP contribution is 2.30. The lowest BCUT2D eigenvalue weighted by atomic mass is 10.1. The smallest absolute Gasteiger partial charge is 0.148 e. The van der Waals surface area contributed by atoms with Crippen molar-refractivity contribution in [1.82, 2.24) is 4.98 Å². The summed E-state index contributed by atoms with van der Waals surface area (Å²) < 4.78 is 0. The minimum atomic E-state index is 0.334. The Morgan fingerprint density at radius 3 is 1.56 bits per heavy atom. The van der Waals surface area contributed by atoms with Gasteiger partial charge in [-0.25, -0.2) is 4.98 Å². The lowest BCUT2D eigenvalue weighted by Gasteiger charge is -2.13. The Kier molecular flexibility index (Phi) is 3.52. The highest BCUT2D eigenvalue weighted by molar-refractivity contribution is 5.79. The Bertz CT molecular complexity index is 439. The van der Waals surface area contributed by atoms with Crippen molar-refractivity contribution in [3.63, 3.8) is 0 Å². The van der Waals surface area contributed by atoms with E-state index in [4.69, 9.17) is 10.5 Å². The van der Waals surface area contributed by atoms with Crippen LogP contribution in [-0.4, -0.2) is 26.1 Å². The molecule has 0 radical (unpaired) electrons. The van der Waals surface area contributed by atoms with Crippen LogP contribution in [0.15, 0.2) is 0 Å². The molecule has 0 aliphatic carbocycles. The van der Waals surface area contributed by atoms with Crippen molar-refractivity contribution < 1.29 is 0 Å². The first-order chi connectivity index (χ1) is 7.73. The minimum absolute atomic E-state index is 0.334. The van der Waals surface area contributed by atoms with Crippen molar-refractivity contribution in [3.05, 3.63) is 11.1 Å². The van der Waals surface area contributed by atoms with Crippen LogP contribution in [0.2, 0.25) is 0 Å². The monoisotopic (exact) mass is 216 g/mol. The molecule has 1 aromatic heterocycles. The fraction of sp³-hybridized carbons (Fsp3) is 0.300. The molecule has 1 aromatic rings. The van der Waals surface area contributed by atoms with E-state index in [1.807, 2.05) is 12.1 Å². The number of hydrogen-bond donors (Lipinski definition) is 3. The van der Waals surface area contributed by atoms with E-state index in [9.17, 15) is 0 Å². The third kappa shape index (κ3) is 1.69. The van der Waals surface area contributed by atoms with Crippen molar-refractivity contribution in [1.29, 1.82) is 10.5 Å². The van der Waals surface area contributed by atoms with E-state index in [0.29, 0.717) is 28.5 Å². The molecule has 6 heteroatoms. The van der Waals surface area contributed by atoms with Crippen LogP contribution >= 0.6 is 0 Å². The molecule has 6 nitrogen and oxygen atoms in total. The molecule has 16 heavy (non-hydrogen) atoms. The average molecular weight is 216 g/mol. The lowest BCUT2D eigenvalue weighted by Crippen LogP contribution is -2.07. The number of nitriles is 2. The highest BCUT2D eigenvalue weighted by atomic mass is 15.1. The van der Waals surface area contributed by atoms with E-state index in [1.165, 1.54) is 0 Å². The van der Waals surface area contributed by atoms with Gasteiger partial charge in [0, 0.05) is 21.1 Å². The third-order valence-corrected chi connectivity index (χ3v) is 2.14. The summed E-state index contributed by atoms with van der Waals surface area (Å²) in [5, 5.41) is 26.6. The second kappa shape index (κ2) is 4.85. The normalized spacial score (nSPS) is 8.81. The minimum Gasteiger partial charge on any atom is -0.386 e. The lowest BCUT2D eigenvalue weighted by molar-refractivity contribution is 1.22. The van der Waals surface area contributed by atoms with Gasteiger partial charge in [0.1, 0.15) is 34.9 Å². The number of rotatable bonds is 3. The predicted molar refractivity (Wildman–Crippen MR) is 62.3 cm³/mol. The number of hydrogen-bond acceptors (Lipinski definition) is 6. The van der Waals surface area contributed by atoms with Crippen LogP contribution in [0.25, 0.3) is 0 Å². The maximum Gasteiger partial charge on any atom is 0.148 e. The van der Waals surface area contributed by atoms with Crippen LogP contribution in [0, 0.1) is 22.7 Å². The van der Waals surface area contributed by atoms with Gasteiger partial charge in [0.25, 0.3) is 0 Å². The van der Waals surface area contributed by atoms with Crippen molar-refractivity contribution in [2.45, 2.75) is 0 Å². The summed E-state index contributed by atoms with van der Waals surface area (Å²) in [7, 11) is 5.01. The first-order valence-electron chi connectivity index (χ1n) is 4.64. The van der Waals surface area contributed by atoms with Crippen molar-refractivity contribution in [2.24, 2.45) is 0 Å². The zero-order valence-corrected chi connectivity index (χ0v) is 9.34.